The molecule has 0 unspecified atom stereocenters. The van der Waals surface area contributed by atoms with Crippen molar-refractivity contribution in [3.8, 4) is 0 Å². The number of fused-ring (bicyclic) bond motifs is 1. The Kier molecular flexibility index (Phi) is 3.63. The number of nitrogens with one attached hydrogen (secondary N) is 1. The Bertz CT molecular complexity index is 557. The van der Waals surface area contributed by atoms with Crippen LogP contribution in [0.25, 0.3) is 10.2 Å². The maximum Gasteiger partial charge on any atom is 0.224 e. The Morgan fingerprint density at radius 3 is 3.00 bits per heavy atom. The standard InChI is InChI=1S/C13H17N3OS/c1-13(2,14)6-5-12(17)16-9-3-4-10-11(7-9)18-8-15-10/h3-4,7-8H,5-6,14H2,1-2H3,(H,16,17). The van der Waals surface area contributed by atoms with Crippen molar-refractivity contribution in [2.24, 2.45) is 5.73 Å². The van der Waals surface area contributed by atoms with E-state index in [9.17, 15) is 4.79 Å². The molecule has 0 saturated heterocycles. The van der Waals surface area contributed by atoms with Crippen LogP contribution in [0, 0.1) is 0 Å². The average Bonchev–Trinajstić information content (AvgIpc) is 2.72. The van der Waals surface area contributed by atoms with Crippen molar-refractivity contribution >= 4 is 33.1 Å². The molecule has 0 aliphatic heterocycles. The highest BCUT2D eigenvalue weighted by atomic mass is 32.1. The summed E-state index contributed by atoms with van der Waals surface area (Å²) < 4.78 is 1.08. The number of hydrogen-bond acceptors (Lipinski definition) is 4. The van der Waals surface area contributed by atoms with Crippen molar-refractivity contribution in [3.63, 3.8) is 0 Å². The van der Waals surface area contributed by atoms with Crippen LogP contribution in [0.15, 0.2) is 23.7 Å². The second kappa shape index (κ2) is 5.04. The number of benzene rings is 1. The van der Waals surface area contributed by atoms with Crippen LogP contribution in [0.2, 0.25) is 0 Å². The van der Waals surface area contributed by atoms with E-state index in [0.717, 1.165) is 15.9 Å². The van der Waals surface area contributed by atoms with E-state index < -0.39 is 0 Å². The zero-order chi connectivity index (χ0) is 13.2. The highest BCUT2D eigenvalue weighted by Gasteiger charge is 2.13. The lowest BCUT2D eigenvalue weighted by molar-refractivity contribution is -0.116. The molecule has 1 aromatic heterocycles. The molecule has 1 aromatic carbocycles. The summed E-state index contributed by atoms with van der Waals surface area (Å²) in [7, 11) is 0. The number of thiazole rings is 1. The minimum absolute atomic E-state index is 0.00242. The quantitative estimate of drug-likeness (QED) is 0.891. The predicted molar refractivity (Wildman–Crippen MR) is 75.8 cm³/mol. The monoisotopic (exact) mass is 263 g/mol. The van der Waals surface area contributed by atoms with Gasteiger partial charge in [-0.1, -0.05) is 0 Å². The van der Waals surface area contributed by atoms with Crippen LogP contribution in [0.3, 0.4) is 0 Å². The van der Waals surface area contributed by atoms with Gasteiger partial charge in [-0.3, -0.25) is 4.79 Å². The first kappa shape index (κ1) is 13.0. The van der Waals surface area contributed by atoms with Crippen LogP contribution in [0.1, 0.15) is 26.7 Å². The first-order valence-electron chi connectivity index (χ1n) is 5.86. The molecule has 2 aromatic rings. The van der Waals surface area contributed by atoms with E-state index in [1.165, 1.54) is 0 Å². The van der Waals surface area contributed by atoms with Gasteiger partial charge in [-0.2, -0.15) is 0 Å². The van der Waals surface area contributed by atoms with Gasteiger partial charge in [-0.05, 0) is 38.5 Å². The molecule has 18 heavy (non-hydrogen) atoms. The molecular formula is C13H17N3OS. The van der Waals surface area contributed by atoms with E-state index >= 15 is 0 Å². The molecule has 0 saturated carbocycles. The van der Waals surface area contributed by atoms with Gasteiger partial charge in [0.05, 0.1) is 15.7 Å². The number of amides is 1. The van der Waals surface area contributed by atoms with Gasteiger partial charge >= 0.3 is 0 Å². The van der Waals surface area contributed by atoms with E-state index in [1.54, 1.807) is 16.8 Å². The molecule has 2 rings (SSSR count). The summed E-state index contributed by atoms with van der Waals surface area (Å²) in [6.07, 6.45) is 1.10. The fraction of sp³-hybridized carbons (Fsp3) is 0.385. The summed E-state index contributed by atoms with van der Waals surface area (Å²) in [5.74, 6) is -0.00242. The number of hydrogen-bond donors (Lipinski definition) is 2. The van der Waals surface area contributed by atoms with Gasteiger partial charge in [0.1, 0.15) is 0 Å². The molecule has 0 aliphatic carbocycles. The number of nitrogens with two attached hydrogens (primary N) is 1. The molecule has 1 amide bonds. The van der Waals surface area contributed by atoms with Crippen molar-refractivity contribution in [2.75, 3.05) is 5.32 Å². The summed E-state index contributed by atoms with van der Waals surface area (Å²) in [6.45, 7) is 3.84. The van der Waals surface area contributed by atoms with Crippen LogP contribution in [0.5, 0.6) is 0 Å². The highest BCUT2D eigenvalue weighted by molar-refractivity contribution is 7.16. The summed E-state index contributed by atoms with van der Waals surface area (Å²) >= 11 is 1.56. The first-order valence-corrected chi connectivity index (χ1v) is 6.74. The number of carbonyl (C=O) groups is 1. The van der Waals surface area contributed by atoms with Crippen molar-refractivity contribution in [2.45, 2.75) is 32.2 Å². The maximum absolute atomic E-state index is 11.8. The van der Waals surface area contributed by atoms with Crippen molar-refractivity contribution in [1.82, 2.24) is 4.98 Å². The minimum atomic E-state index is -0.307. The highest BCUT2D eigenvalue weighted by Crippen LogP contribution is 2.22. The van der Waals surface area contributed by atoms with E-state index in [4.69, 9.17) is 5.73 Å². The molecule has 96 valence electrons. The summed E-state index contributed by atoms with van der Waals surface area (Å²) in [5, 5.41) is 2.88. The molecular weight excluding hydrogens is 246 g/mol. The lowest BCUT2D eigenvalue weighted by Gasteiger charge is -2.17. The van der Waals surface area contributed by atoms with Crippen molar-refractivity contribution in [1.29, 1.82) is 0 Å². The molecule has 1 heterocycles. The van der Waals surface area contributed by atoms with Gasteiger partial charge in [0.2, 0.25) is 5.91 Å². The third-order valence-corrected chi connectivity index (χ3v) is 3.40. The second-order valence-corrected chi connectivity index (χ2v) is 5.96. The van der Waals surface area contributed by atoms with Crippen LogP contribution >= 0.6 is 11.3 Å². The van der Waals surface area contributed by atoms with Crippen molar-refractivity contribution in [3.05, 3.63) is 23.7 Å². The summed E-state index contributed by atoms with van der Waals surface area (Å²) in [5.41, 5.74) is 9.11. The van der Waals surface area contributed by atoms with Crippen LogP contribution in [-0.2, 0) is 4.79 Å². The Hall–Kier alpha value is -1.46. The molecule has 0 atom stereocenters. The van der Waals surface area contributed by atoms with Gasteiger partial charge in [0.25, 0.3) is 0 Å². The minimum Gasteiger partial charge on any atom is -0.326 e. The van der Waals surface area contributed by atoms with Gasteiger partial charge in [0, 0.05) is 17.6 Å². The largest absolute Gasteiger partial charge is 0.326 e. The molecule has 3 N–H and O–H groups in total. The number of anilines is 1. The van der Waals surface area contributed by atoms with Gasteiger partial charge in [-0.25, -0.2) is 4.98 Å². The molecule has 0 fully saturated rings. The van der Waals surface area contributed by atoms with Gasteiger partial charge < -0.3 is 11.1 Å². The van der Waals surface area contributed by atoms with Crippen LogP contribution < -0.4 is 11.1 Å². The number of nitrogens with zero attached hydrogens (tertiary/aromatic N) is 1. The topological polar surface area (TPSA) is 68.0 Å². The normalized spacial score (nSPS) is 11.7. The maximum atomic E-state index is 11.8. The molecule has 0 radical (unpaired) electrons. The lowest BCUT2D eigenvalue weighted by Crippen LogP contribution is -2.33. The van der Waals surface area contributed by atoms with E-state index in [-0.39, 0.29) is 11.4 Å². The smallest absolute Gasteiger partial charge is 0.224 e. The Morgan fingerprint density at radius 2 is 2.28 bits per heavy atom. The Labute approximate surface area is 110 Å². The fourth-order valence-electron chi connectivity index (χ4n) is 1.59. The van der Waals surface area contributed by atoms with Crippen LogP contribution in [-0.4, -0.2) is 16.4 Å². The van der Waals surface area contributed by atoms with E-state index in [0.29, 0.717) is 12.8 Å². The Morgan fingerprint density at radius 1 is 1.50 bits per heavy atom. The third kappa shape index (κ3) is 3.51. The number of rotatable bonds is 4. The zero-order valence-electron chi connectivity index (χ0n) is 10.6. The Balaban J connectivity index is 1.98. The lowest BCUT2D eigenvalue weighted by atomic mass is 10.00. The van der Waals surface area contributed by atoms with E-state index in [2.05, 4.69) is 10.3 Å². The summed E-state index contributed by atoms with van der Waals surface area (Å²) in [6, 6.07) is 5.72. The van der Waals surface area contributed by atoms with Gasteiger partial charge in [-0.15, -0.1) is 11.3 Å². The molecule has 5 heteroatoms. The van der Waals surface area contributed by atoms with Crippen molar-refractivity contribution < 1.29 is 4.79 Å². The molecule has 0 aliphatic rings. The third-order valence-electron chi connectivity index (χ3n) is 2.61. The SMILES string of the molecule is CC(C)(N)CCC(=O)Nc1ccc2ncsc2c1. The summed E-state index contributed by atoms with van der Waals surface area (Å²) in [4.78, 5) is 16.0. The predicted octanol–water partition coefficient (Wildman–Crippen LogP) is 2.75. The first-order chi connectivity index (χ1) is 8.44. The van der Waals surface area contributed by atoms with Crippen LogP contribution in [0.4, 0.5) is 5.69 Å². The molecule has 0 bridgehead atoms. The number of aromatic nitrogens is 1. The number of carbonyl (C=O) groups excluding carboxylic acids is 1. The van der Waals surface area contributed by atoms with Gasteiger partial charge in [0.15, 0.2) is 0 Å². The average molecular weight is 263 g/mol. The molecule has 0 spiro atoms. The second-order valence-electron chi connectivity index (χ2n) is 5.07. The molecule has 4 nitrogen and oxygen atoms in total. The zero-order valence-corrected chi connectivity index (χ0v) is 11.4. The fourth-order valence-corrected chi connectivity index (χ4v) is 2.31. The van der Waals surface area contributed by atoms with E-state index in [1.807, 2.05) is 32.0 Å².